The highest BCUT2D eigenvalue weighted by Gasteiger charge is 2.20. The summed E-state index contributed by atoms with van der Waals surface area (Å²) in [6, 6.07) is 1.63. The highest BCUT2D eigenvalue weighted by atomic mass is 35.5. The molecule has 0 saturated carbocycles. The van der Waals surface area contributed by atoms with Gasteiger partial charge in [0, 0.05) is 25.8 Å². The summed E-state index contributed by atoms with van der Waals surface area (Å²) in [5, 5.41) is 10.2. The lowest BCUT2D eigenvalue weighted by Gasteiger charge is -2.21. The molecule has 0 aliphatic carbocycles. The molecular weight excluding hydrogens is 370 g/mol. The van der Waals surface area contributed by atoms with Gasteiger partial charge in [-0.15, -0.1) is 24.8 Å². The first-order valence-corrected chi connectivity index (χ1v) is 7.46. The van der Waals surface area contributed by atoms with Crippen molar-refractivity contribution >= 4 is 59.7 Å². The molecule has 1 fully saturated rings. The summed E-state index contributed by atoms with van der Waals surface area (Å²) < 4.78 is 0. The van der Waals surface area contributed by atoms with Crippen LogP contribution in [-0.4, -0.2) is 37.1 Å². The van der Waals surface area contributed by atoms with E-state index in [0.29, 0.717) is 29.0 Å². The maximum absolute atomic E-state index is 11.9. The van der Waals surface area contributed by atoms with Crippen molar-refractivity contribution in [3.8, 4) is 0 Å². The molecule has 0 spiro atoms. The molecule has 22 heavy (non-hydrogen) atoms. The molecule has 3 N–H and O–H groups in total. The van der Waals surface area contributed by atoms with Gasteiger partial charge in [0.2, 0.25) is 5.91 Å². The number of halogens is 4. The third kappa shape index (κ3) is 6.75. The second kappa shape index (κ2) is 11.1. The van der Waals surface area contributed by atoms with E-state index >= 15 is 0 Å². The largest absolute Gasteiger partial charge is 0.367 e. The van der Waals surface area contributed by atoms with E-state index in [1.807, 2.05) is 0 Å². The molecular formula is C13H20Cl4N4O. The van der Waals surface area contributed by atoms with E-state index in [2.05, 4.69) is 20.9 Å². The average molecular weight is 390 g/mol. The molecule has 1 atom stereocenters. The number of pyridine rings is 1. The number of piperidine rings is 1. The quantitative estimate of drug-likeness (QED) is 0.677. The monoisotopic (exact) mass is 388 g/mol. The smallest absolute Gasteiger partial charge is 0.224 e. The Morgan fingerprint density at radius 1 is 1.36 bits per heavy atom. The minimum absolute atomic E-state index is 0. The zero-order valence-electron chi connectivity index (χ0n) is 11.9. The first-order valence-electron chi connectivity index (χ1n) is 6.70. The Morgan fingerprint density at radius 3 is 2.77 bits per heavy atom. The van der Waals surface area contributed by atoms with Gasteiger partial charge < -0.3 is 16.0 Å². The number of hydrogen-bond acceptors (Lipinski definition) is 4. The molecule has 2 heterocycles. The van der Waals surface area contributed by atoms with Crippen LogP contribution in [0.2, 0.25) is 10.0 Å². The molecule has 1 amide bonds. The molecule has 0 radical (unpaired) electrons. The lowest BCUT2D eigenvalue weighted by atomic mass is 9.99. The number of hydrogen-bond donors (Lipinski definition) is 3. The van der Waals surface area contributed by atoms with Gasteiger partial charge in [-0.3, -0.25) is 4.79 Å². The molecule has 5 nitrogen and oxygen atoms in total. The molecule has 1 aromatic rings. The Labute approximate surface area is 152 Å². The highest BCUT2D eigenvalue weighted by molar-refractivity contribution is 6.35. The van der Waals surface area contributed by atoms with Gasteiger partial charge in [-0.2, -0.15) is 0 Å². The van der Waals surface area contributed by atoms with Gasteiger partial charge >= 0.3 is 0 Å². The Hall–Kier alpha value is -0.460. The van der Waals surface area contributed by atoms with E-state index in [1.165, 1.54) is 6.20 Å². The molecule has 1 aliphatic heterocycles. The number of carbonyl (C=O) groups is 1. The van der Waals surface area contributed by atoms with Crippen molar-refractivity contribution in [2.75, 3.05) is 31.5 Å². The Morgan fingerprint density at radius 2 is 2.14 bits per heavy atom. The van der Waals surface area contributed by atoms with E-state index in [4.69, 9.17) is 23.2 Å². The fraction of sp³-hybridized carbons (Fsp3) is 0.538. The first kappa shape index (κ1) is 21.5. The fourth-order valence-corrected chi connectivity index (χ4v) is 2.58. The highest BCUT2D eigenvalue weighted by Crippen LogP contribution is 2.22. The summed E-state index contributed by atoms with van der Waals surface area (Å²) in [5.41, 5.74) is 0. The van der Waals surface area contributed by atoms with E-state index in [0.717, 1.165) is 25.9 Å². The molecule has 2 rings (SSSR count). The summed E-state index contributed by atoms with van der Waals surface area (Å²) in [5.74, 6) is 0.764. The number of nitrogens with zero attached hydrogens (tertiary/aromatic N) is 1. The lowest BCUT2D eigenvalue weighted by molar-refractivity contribution is -0.125. The van der Waals surface area contributed by atoms with Crippen LogP contribution in [0.15, 0.2) is 12.3 Å². The van der Waals surface area contributed by atoms with Crippen molar-refractivity contribution in [1.29, 1.82) is 0 Å². The number of carbonyl (C=O) groups excluding carboxylic acids is 1. The van der Waals surface area contributed by atoms with Crippen molar-refractivity contribution in [3.05, 3.63) is 22.3 Å². The van der Waals surface area contributed by atoms with Gasteiger partial charge in [0.25, 0.3) is 0 Å². The van der Waals surface area contributed by atoms with Gasteiger partial charge in [0.05, 0.1) is 16.0 Å². The minimum Gasteiger partial charge on any atom is -0.367 e. The zero-order chi connectivity index (χ0) is 14.4. The van der Waals surface area contributed by atoms with Crippen LogP contribution >= 0.6 is 48.0 Å². The van der Waals surface area contributed by atoms with Crippen LogP contribution in [0.5, 0.6) is 0 Å². The van der Waals surface area contributed by atoms with Gasteiger partial charge in [0.15, 0.2) is 0 Å². The zero-order valence-corrected chi connectivity index (χ0v) is 15.0. The fourth-order valence-electron chi connectivity index (χ4n) is 2.13. The molecule has 1 unspecified atom stereocenters. The van der Waals surface area contributed by atoms with Crippen molar-refractivity contribution < 1.29 is 4.79 Å². The summed E-state index contributed by atoms with van der Waals surface area (Å²) in [6.07, 6.45) is 3.54. The van der Waals surface area contributed by atoms with Crippen molar-refractivity contribution in [1.82, 2.24) is 15.6 Å². The molecule has 1 aromatic heterocycles. The number of anilines is 1. The molecule has 0 aromatic carbocycles. The standard InChI is InChI=1S/C13H18Cl2N4O.2ClH/c14-10-6-11(15)12(19-8-10)17-4-5-18-13(20)9-2-1-3-16-7-9;;/h6,8-9,16H,1-5,7H2,(H,17,19)(H,18,20);2*1H. The predicted molar refractivity (Wildman–Crippen MR) is 95.8 cm³/mol. The maximum Gasteiger partial charge on any atom is 0.224 e. The van der Waals surface area contributed by atoms with E-state index in [1.54, 1.807) is 6.07 Å². The number of nitrogens with one attached hydrogen (secondary N) is 3. The second-order valence-corrected chi connectivity index (χ2v) is 5.59. The van der Waals surface area contributed by atoms with Crippen LogP contribution in [-0.2, 0) is 4.79 Å². The van der Waals surface area contributed by atoms with Gasteiger partial charge in [-0.25, -0.2) is 4.98 Å². The van der Waals surface area contributed by atoms with Crippen molar-refractivity contribution in [3.63, 3.8) is 0 Å². The van der Waals surface area contributed by atoms with Gasteiger partial charge in [-0.05, 0) is 25.5 Å². The van der Waals surface area contributed by atoms with Crippen LogP contribution in [0.3, 0.4) is 0 Å². The maximum atomic E-state index is 11.9. The third-order valence-corrected chi connectivity index (χ3v) is 3.69. The molecule has 1 aliphatic rings. The van der Waals surface area contributed by atoms with Crippen LogP contribution in [0, 0.1) is 5.92 Å². The predicted octanol–water partition coefficient (Wildman–Crippen LogP) is 2.76. The minimum atomic E-state index is 0. The average Bonchev–Trinajstić information content (AvgIpc) is 2.46. The van der Waals surface area contributed by atoms with Gasteiger partial charge in [-0.1, -0.05) is 23.2 Å². The Bertz CT molecular complexity index is 469. The topological polar surface area (TPSA) is 66.0 Å². The number of amides is 1. The van der Waals surface area contributed by atoms with Crippen LogP contribution in [0.4, 0.5) is 5.82 Å². The Kier molecular flexibility index (Phi) is 10.9. The van der Waals surface area contributed by atoms with Crippen molar-refractivity contribution in [2.45, 2.75) is 12.8 Å². The first-order chi connectivity index (χ1) is 9.66. The van der Waals surface area contributed by atoms with E-state index < -0.39 is 0 Å². The van der Waals surface area contributed by atoms with Crippen LogP contribution in [0.1, 0.15) is 12.8 Å². The summed E-state index contributed by atoms with van der Waals surface area (Å²) in [6.45, 7) is 2.88. The summed E-state index contributed by atoms with van der Waals surface area (Å²) >= 11 is 11.8. The molecule has 9 heteroatoms. The molecule has 1 saturated heterocycles. The summed E-state index contributed by atoms with van der Waals surface area (Å²) in [7, 11) is 0. The van der Waals surface area contributed by atoms with Gasteiger partial charge in [0.1, 0.15) is 5.82 Å². The third-order valence-electron chi connectivity index (χ3n) is 3.19. The number of aromatic nitrogens is 1. The van der Waals surface area contributed by atoms with E-state index in [-0.39, 0.29) is 36.6 Å². The number of rotatable bonds is 5. The van der Waals surface area contributed by atoms with E-state index in [9.17, 15) is 4.79 Å². The SMILES string of the molecule is Cl.Cl.O=C(NCCNc1ncc(Cl)cc1Cl)C1CCCNC1. The normalized spacial score (nSPS) is 16.9. The second-order valence-electron chi connectivity index (χ2n) is 4.75. The molecule has 0 bridgehead atoms. The Balaban J connectivity index is 0.00000220. The summed E-state index contributed by atoms with van der Waals surface area (Å²) in [4.78, 5) is 16.0. The van der Waals surface area contributed by atoms with Crippen LogP contribution < -0.4 is 16.0 Å². The molecule has 126 valence electrons. The lowest BCUT2D eigenvalue weighted by Crippen LogP contribution is -2.41. The van der Waals surface area contributed by atoms with Crippen molar-refractivity contribution in [2.24, 2.45) is 5.92 Å². The van der Waals surface area contributed by atoms with Crippen LogP contribution in [0.25, 0.3) is 0 Å².